The standard InChI is InChI=1S/2C42H29N3O.C36H25N3O/c1-42(2)35-19-10-9-18-31(35)32-25-38-34(24-36(32)42)33-23-29(20-21-37(33)46-38)28-16-11-17-30(22-28)41-44-39(26-12-5-3-6-13-26)43-40(45-41)27-14-7-4-8-15-27;1-42(2)35-16-10-9-15-31(35)32-25-38-34(24-36(32)42)33-23-30(21-22-37(33)46-38)26-17-19-29(20-18-26)41-44-39(27-11-5-3-6-12-27)43-40(45-41)28-13-7-4-8-14-28;1-36(2)29-19-10-9-16-24(29)27-21-31-28(20-30(27)36)25-17-11-18-26(32(25)40-31)35-38-33(22-12-5-3-6-13-22)37-34(39-35)23-14-7-4-8-15-23/h2*3-25H,1-2H3;3-21H,1-2H3. The first kappa shape index (κ1) is 78.6. The van der Waals surface area contributed by atoms with Crippen molar-refractivity contribution in [3.05, 3.63) is 428 Å². The summed E-state index contributed by atoms with van der Waals surface area (Å²) in [6.45, 7) is 13.9. The first-order valence-electron chi connectivity index (χ1n) is 44.8. The number of benzene rings is 17. The fourth-order valence-electron chi connectivity index (χ4n) is 19.9. The SMILES string of the molecule is CC1(C)c2ccccc2-c2cc3oc4c(-c5nc(-c6ccccc6)nc(-c6ccccc6)n5)cccc4c3cc21.CC1(C)c2ccccc2-c2cc3oc4ccc(-c5ccc(-c6nc(-c7ccccc7)nc(-c7ccccc7)n6)cc5)cc4c3cc21.CC1(C)c2ccccc2-c2cc3oc4ccc(-c5cccc(-c6nc(-c7ccccc7)nc(-c7ccccc7)n6)c5)cc4c3cc21. The van der Waals surface area contributed by atoms with Crippen LogP contribution in [0.2, 0.25) is 0 Å². The number of rotatable bonds is 11. The molecule has 626 valence electrons. The second-order valence-electron chi connectivity index (χ2n) is 35.9. The summed E-state index contributed by atoms with van der Waals surface area (Å²) >= 11 is 0. The highest BCUT2D eigenvalue weighted by atomic mass is 16.3. The van der Waals surface area contributed by atoms with Crippen LogP contribution in [0.25, 0.3) is 224 Å². The van der Waals surface area contributed by atoms with Crippen LogP contribution in [0.5, 0.6) is 0 Å². The van der Waals surface area contributed by atoms with Gasteiger partial charge in [-0.25, -0.2) is 44.9 Å². The smallest absolute Gasteiger partial charge is 0.167 e. The van der Waals surface area contributed by atoms with Crippen molar-refractivity contribution < 1.29 is 13.3 Å². The van der Waals surface area contributed by atoms with E-state index in [-0.39, 0.29) is 16.2 Å². The Hall–Kier alpha value is -16.8. The summed E-state index contributed by atoms with van der Waals surface area (Å²) in [5.74, 6) is 5.76. The molecule has 0 saturated heterocycles. The van der Waals surface area contributed by atoms with Crippen molar-refractivity contribution in [2.75, 3.05) is 0 Å². The van der Waals surface area contributed by atoms with Crippen LogP contribution in [0.15, 0.2) is 408 Å². The Bertz CT molecular complexity index is 8350. The van der Waals surface area contributed by atoms with Crippen LogP contribution in [0, 0.1) is 0 Å². The molecule has 0 aliphatic heterocycles. The van der Waals surface area contributed by atoms with Gasteiger partial charge in [0, 0.05) is 93.1 Å². The molecular formula is C120H83N9O3. The van der Waals surface area contributed by atoms with Gasteiger partial charge in [-0.15, -0.1) is 0 Å². The van der Waals surface area contributed by atoms with Gasteiger partial charge in [-0.05, 0) is 162 Å². The highest BCUT2D eigenvalue weighted by molar-refractivity contribution is 6.13. The van der Waals surface area contributed by atoms with E-state index in [1.54, 1.807) is 0 Å². The topological polar surface area (TPSA) is 155 Å². The van der Waals surface area contributed by atoms with Crippen LogP contribution in [0.4, 0.5) is 0 Å². The third-order valence-electron chi connectivity index (χ3n) is 26.8. The van der Waals surface area contributed by atoms with Gasteiger partial charge in [-0.3, -0.25) is 0 Å². The Labute approximate surface area is 762 Å². The molecule has 0 radical (unpaired) electrons. The molecule has 6 heterocycles. The Balaban J connectivity index is 0.000000110. The van der Waals surface area contributed by atoms with Gasteiger partial charge in [0.2, 0.25) is 0 Å². The maximum absolute atomic E-state index is 6.64. The van der Waals surface area contributed by atoms with Crippen LogP contribution in [0.1, 0.15) is 74.9 Å². The third-order valence-corrected chi connectivity index (χ3v) is 26.8. The van der Waals surface area contributed by atoms with E-state index in [1.807, 2.05) is 188 Å². The molecule has 0 amide bonds. The zero-order valence-electron chi connectivity index (χ0n) is 73.3. The average molecular weight is 1700 g/mol. The quantitative estimate of drug-likeness (QED) is 0.121. The van der Waals surface area contributed by atoms with Gasteiger partial charge in [0.25, 0.3) is 0 Å². The summed E-state index contributed by atoms with van der Waals surface area (Å²) < 4.78 is 19.5. The van der Waals surface area contributed by atoms with Crippen molar-refractivity contribution in [1.29, 1.82) is 0 Å². The van der Waals surface area contributed by atoms with E-state index in [2.05, 4.69) is 248 Å². The molecule has 0 unspecified atom stereocenters. The number of para-hydroxylation sites is 1. The molecule has 0 N–H and O–H groups in total. The number of hydrogen-bond acceptors (Lipinski definition) is 12. The maximum atomic E-state index is 6.64. The molecule has 3 aliphatic carbocycles. The van der Waals surface area contributed by atoms with Crippen LogP contribution >= 0.6 is 0 Å². The Morgan fingerprint density at radius 3 is 0.773 bits per heavy atom. The van der Waals surface area contributed by atoms with Gasteiger partial charge < -0.3 is 13.3 Å². The summed E-state index contributed by atoms with van der Waals surface area (Å²) in [4.78, 5) is 44.1. The van der Waals surface area contributed by atoms with E-state index in [0.29, 0.717) is 52.4 Å². The minimum atomic E-state index is -0.0787. The van der Waals surface area contributed by atoms with Crippen LogP contribution in [-0.4, -0.2) is 44.9 Å². The van der Waals surface area contributed by atoms with E-state index in [9.17, 15) is 0 Å². The summed E-state index contributed by atoms with van der Waals surface area (Å²) in [6, 6.07) is 136. The van der Waals surface area contributed by atoms with Crippen molar-refractivity contribution in [3.8, 4) is 158 Å². The van der Waals surface area contributed by atoms with Gasteiger partial charge in [-0.1, -0.05) is 363 Å². The van der Waals surface area contributed by atoms with Crippen molar-refractivity contribution in [2.45, 2.75) is 57.8 Å². The highest BCUT2D eigenvalue weighted by Gasteiger charge is 2.40. The van der Waals surface area contributed by atoms with Gasteiger partial charge in [0.15, 0.2) is 52.4 Å². The minimum absolute atomic E-state index is 0.0626. The fraction of sp³-hybridized carbons (Fsp3) is 0.0750. The predicted octanol–water partition coefficient (Wildman–Crippen LogP) is 30.6. The lowest BCUT2D eigenvalue weighted by molar-refractivity contribution is 0.657. The number of hydrogen-bond donors (Lipinski definition) is 0. The number of nitrogens with zero attached hydrogens (tertiary/aromatic N) is 9. The third kappa shape index (κ3) is 13.5. The molecular weight excluding hydrogens is 1620 g/mol. The summed E-state index contributed by atoms with van der Waals surface area (Å²) in [5.41, 5.74) is 33.7. The van der Waals surface area contributed by atoms with Gasteiger partial charge >= 0.3 is 0 Å². The van der Waals surface area contributed by atoms with Gasteiger partial charge in [-0.2, -0.15) is 0 Å². The highest BCUT2D eigenvalue weighted by Crippen LogP contribution is 2.55. The van der Waals surface area contributed by atoms with Crippen molar-refractivity contribution in [1.82, 2.24) is 44.9 Å². The largest absolute Gasteiger partial charge is 0.456 e. The molecule has 0 atom stereocenters. The molecule has 0 bridgehead atoms. The zero-order chi connectivity index (χ0) is 88.5. The van der Waals surface area contributed by atoms with Crippen LogP contribution in [-0.2, 0) is 16.2 Å². The molecule has 12 heteroatoms. The second-order valence-corrected chi connectivity index (χ2v) is 35.9. The molecule has 132 heavy (non-hydrogen) atoms. The Kier molecular flexibility index (Phi) is 18.6. The Morgan fingerprint density at radius 1 is 0.152 bits per heavy atom. The lowest BCUT2D eigenvalue weighted by Crippen LogP contribution is -2.14. The molecule has 26 rings (SSSR count). The fourth-order valence-corrected chi connectivity index (χ4v) is 19.9. The lowest BCUT2D eigenvalue weighted by atomic mass is 9.82. The maximum Gasteiger partial charge on any atom is 0.167 e. The Morgan fingerprint density at radius 2 is 0.402 bits per heavy atom. The molecule has 23 aromatic rings. The van der Waals surface area contributed by atoms with Crippen molar-refractivity contribution in [3.63, 3.8) is 0 Å². The van der Waals surface area contributed by atoms with Gasteiger partial charge in [0.05, 0.1) is 5.56 Å². The normalized spacial score (nSPS) is 13.3. The second kappa shape index (κ2) is 31.3. The number of aromatic nitrogens is 9. The summed E-state index contributed by atoms with van der Waals surface area (Å²) in [5, 5.41) is 6.71. The van der Waals surface area contributed by atoms with E-state index >= 15 is 0 Å². The predicted molar refractivity (Wildman–Crippen MR) is 534 cm³/mol. The zero-order valence-corrected chi connectivity index (χ0v) is 73.3. The van der Waals surface area contributed by atoms with E-state index in [4.69, 9.17) is 58.1 Å². The monoisotopic (exact) mass is 1700 g/mol. The van der Waals surface area contributed by atoms with E-state index in [1.165, 1.54) is 66.8 Å². The minimum Gasteiger partial charge on any atom is -0.456 e. The number of fused-ring (bicyclic) bond motifs is 18. The first-order chi connectivity index (χ1) is 64.6. The molecule has 6 aromatic heterocycles. The van der Waals surface area contributed by atoms with E-state index in [0.717, 1.165) is 138 Å². The summed E-state index contributed by atoms with van der Waals surface area (Å²) in [6.07, 6.45) is 0. The molecule has 17 aromatic carbocycles. The lowest BCUT2D eigenvalue weighted by Gasteiger charge is -2.21. The molecule has 12 nitrogen and oxygen atoms in total. The molecule has 0 spiro atoms. The van der Waals surface area contributed by atoms with Crippen molar-refractivity contribution in [2.24, 2.45) is 0 Å². The first-order valence-corrected chi connectivity index (χ1v) is 44.8. The van der Waals surface area contributed by atoms with Crippen LogP contribution in [0.3, 0.4) is 0 Å². The van der Waals surface area contributed by atoms with Crippen LogP contribution < -0.4 is 0 Å². The summed E-state index contributed by atoms with van der Waals surface area (Å²) in [7, 11) is 0. The molecule has 0 saturated carbocycles. The van der Waals surface area contributed by atoms with Gasteiger partial charge in [0.1, 0.15) is 33.5 Å². The average Bonchev–Trinajstić information content (AvgIpc) is 1.57. The van der Waals surface area contributed by atoms with E-state index < -0.39 is 0 Å². The molecule has 0 fully saturated rings. The van der Waals surface area contributed by atoms with Crippen molar-refractivity contribution >= 4 is 65.8 Å². The number of furan rings is 3. The molecule has 3 aliphatic rings.